The maximum Gasteiger partial charge on any atom is 0.326 e. The number of carboxylic acids is 1. The van der Waals surface area contributed by atoms with Crippen molar-refractivity contribution in [1.82, 2.24) is 19.9 Å². The number of para-hydroxylation sites is 1. The maximum atomic E-state index is 14.1. The number of halogens is 2. The number of anilines is 2. The number of fused-ring (bicyclic) bond motifs is 3. The monoisotopic (exact) mass is 698 g/mol. The second-order valence-electron chi connectivity index (χ2n) is 12.6. The summed E-state index contributed by atoms with van der Waals surface area (Å²) in [5, 5.41) is 10.8. The number of morpholine rings is 1. The average Bonchev–Trinajstić information content (AvgIpc) is 3.72. The minimum Gasteiger partial charge on any atom is -0.481 e. The van der Waals surface area contributed by atoms with Crippen LogP contribution in [0.5, 0.6) is 11.8 Å². The van der Waals surface area contributed by atoms with Crippen molar-refractivity contribution >= 4 is 39.5 Å². The Kier molecular flexibility index (Phi) is 8.27. The lowest BCUT2D eigenvalue weighted by atomic mass is 9.90. The van der Waals surface area contributed by atoms with Gasteiger partial charge in [-0.05, 0) is 37.1 Å². The molecule has 0 bridgehead atoms. The molecule has 3 atom stereocenters. The van der Waals surface area contributed by atoms with E-state index >= 15 is 0 Å². The number of pyridine rings is 2. The molecule has 15 heteroatoms. The Morgan fingerprint density at radius 3 is 2.71 bits per heavy atom. The highest BCUT2D eigenvalue weighted by atomic mass is 19.3. The Balaban J connectivity index is 1.15. The van der Waals surface area contributed by atoms with Crippen LogP contribution in [0.15, 0.2) is 59.1 Å². The van der Waals surface area contributed by atoms with Crippen LogP contribution in [0.25, 0.3) is 22.1 Å². The lowest BCUT2D eigenvalue weighted by molar-refractivity contribution is -0.228. The molecule has 3 aliphatic rings. The summed E-state index contributed by atoms with van der Waals surface area (Å²) in [4.78, 5) is 33.5. The van der Waals surface area contributed by atoms with Crippen LogP contribution in [0.1, 0.15) is 36.9 Å². The van der Waals surface area contributed by atoms with E-state index < -0.39 is 36.0 Å². The van der Waals surface area contributed by atoms with Gasteiger partial charge in [-0.15, -0.1) is 0 Å². The van der Waals surface area contributed by atoms with E-state index in [1.54, 1.807) is 48.7 Å². The minimum absolute atomic E-state index is 0.00340. The van der Waals surface area contributed by atoms with E-state index in [2.05, 4.69) is 43.6 Å². The van der Waals surface area contributed by atoms with Gasteiger partial charge in [0.2, 0.25) is 11.8 Å². The molecule has 3 fully saturated rings. The predicted molar refractivity (Wildman–Crippen MR) is 179 cm³/mol. The van der Waals surface area contributed by atoms with E-state index in [1.807, 2.05) is 6.07 Å². The van der Waals surface area contributed by atoms with E-state index in [9.17, 15) is 18.7 Å². The van der Waals surface area contributed by atoms with Crippen LogP contribution < -0.4 is 19.3 Å². The third kappa shape index (κ3) is 5.89. The van der Waals surface area contributed by atoms with Gasteiger partial charge in [-0.3, -0.25) is 0 Å². The van der Waals surface area contributed by atoms with Gasteiger partial charge in [0.05, 0.1) is 39.5 Å². The Morgan fingerprint density at radius 1 is 1.10 bits per heavy atom. The number of methoxy groups -OCH3 is 1. The lowest BCUT2D eigenvalue weighted by Gasteiger charge is -2.53. The Hall–Kier alpha value is -5.59. The van der Waals surface area contributed by atoms with E-state index in [0.717, 1.165) is 0 Å². The number of alkyl halides is 2. The number of carbonyl (C=O) groups is 1. The zero-order chi connectivity index (χ0) is 35.3. The van der Waals surface area contributed by atoms with Crippen LogP contribution in [0.3, 0.4) is 0 Å². The van der Waals surface area contributed by atoms with Crippen molar-refractivity contribution in [2.45, 2.75) is 43.6 Å². The van der Waals surface area contributed by atoms with Gasteiger partial charge in [0.15, 0.2) is 17.2 Å². The second kappa shape index (κ2) is 12.9. The fourth-order valence-corrected chi connectivity index (χ4v) is 6.84. The predicted octanol–water partition coefficient (Wildman–Crippen LogP) is 4.62. The summed E-state index contributed by atoms with van der Waals surface area (Å²) in [7, 11) is 1.54. The Labute approximate surface area is 290 Å². The van der Waals surface area contributed by atoms with Crippen molar-refractivity contribution in [3.8, 4) is 23.6 Å². The molecule has 3 saturated heterocycles. The molecule has 4 aromatic heterocycles. The first-order valence-corrected chi connectivity index (χ1v) is 16.4. The maximum absolute atomic E-state index is 14.1. The fourth-order valence-electron chi connectivity index (χ4n) is 6.84. The van der Waals surface area contributed by atoms with E-state index in [0.29, 0.717) is 60.2 Å². The third-order valence-electron chi connectivity index (χ3n) is 9.57. The number of hydrogen-bond donors (Lipinski definition) is 1. The number of rotatable bonds is 7. The van der Waals surface area contributed by atoms with E-state index in [-0.39, 0.29) is 41.8 Å². The molecule has 0 saturated carbocycles. The Bertz CT molecular complexity index is 2200. The number of benzene rings is 1. The van der Waals surface area contributed by atoms with E-state index in [4.69, 9.17) is 23.4 Å². The summed E-state index contributed by atoms with van der Waals surface area (Å²) in [5.74, 6) is 4.97. The number of aromatic nitrogens is 4. The molecule has 1 N–H and O–H groups in total. The number of hydrogen-bond acceptors (Lipinski definition) is 12. The van der Waals surface area contributed by atoms with Gasteiger partial charge < -0.3 is 38.3 Å². The van der Waals surface area contributed by atoms with Crippen LogP contribution >= 0.6 is 0 Å². The molecule has 5 aromatic rings. The highest BCUT2D eigenvalue weighted by Gasteiger charge is 2.50. The molecule has 7 heterocycles. The molecule has 1 spiro atoms. The lowest BCUT2D eigenvalue weighted by Crippen LogP contribution is -2.68. The zero-order valence-electron chi connectivity index (χ0n) is 27.6. The van der Waals surface area contributed by atoms with Crippen LogP contribution in [0.4, 0.5) is 20.3 Å². The SMILES string of the molecule is COc1cccc(C#Cc2cnc(O[C@H]3C[C@@H](C(=O)O)N(c4nc(C(F)F)nc5c4oc4ccccc45)C3)c(N3CCOC4(COC4)[C@@H]3C)c2)n1. The highest BCUT2D eigenvalue weighted by molar-refractivity contribution is 6.06. The molecule has 1 aromatic carbocycles. The molecule has 3 aliphatic heterocycles. The molecule has 0 aliphatic carbocycles. The topological polar surface area (TPSA) is 145 Å². The van der Waals surface area contributed by atoms with Crippen LogP contribution in [-0.2, 0) is 14.3 Å². The Morgan fingerprint density at radius 2 is 1.94 bits per heavy atom. The van der Waals surface area contributed by atoms with Gasteiger partial charge in [-0.2, -0.15) is 0 Å². The fraction of sp³-hybridized carbons (Fsp3) is 0.361. The van der Waals surface area contributed by atoms with Crippen molar-refractivity contribution in [2.24, 2.45) is 0 Å². The van der Waals surface area contributed by atoms with E-state index in [1.165, 1.54) is 12.0 Å². The van der Waals surface area contributed by atoms with Gasteiger partial charge in [0.1, 0.15) is 40.2 Å². The molecule has 8 rings (SSSR count). The number of aliphatic carboxylic acids is 1. The summed E-state index contributed by atoms with van der Waals surface area (Å²) < 4.78 is 57.6. The van der Waals surface area contributed by atoms with Crippen molar-refractivity contribution in [3.05, 3.63) is 71.8 Å². The first-order chi connectivity index (χ1) is 24.7. The van der Waals surface area contributed by atoms with Crippen molar-refractivity contribution in [2.75, 3.05) is 49.8 Å². The standard InChI is InChI=1S/C36H32F2N6O7/c1-20-36(18-48-19-36)49-13-12-43(20)25-14-21(10-11-22-6-5-9-28(40-22)47-2)16-39-34(25)50-23-15-26(35(45)46)44(17-23)33-30-29(41-32(42-33)31(37)38)24-7-3-4-8-27(24)51-30/h3-9,14,16,20,23,26,31H,12-13,15,17-19H2,1-2H3,(H,45,46)/t20-,23-,26-/m0/s1. The smallest absolute Gasteiger partial charge is 0.326 e. The summed E-state index contributed by atoms with van der Waals surface area (Å²) in [6, 6.07) is 12.8. The van der Waals surface area contributed by atoms with Gasteiger partial charge in [0.25, 0.3) is 6.43 Å². The molecule has 13 nitrogen and oxygen atoms in total. The first kappa shape index (κ1) is 32.6. The third-order valence-corrected chi connectivity index (χ3v) is 9.57. The van der Waals surface area contributed by atoms with Gasteiger partial charge in [-0.25, -0.2) is 33.5 Å². The molecule has 0 amide bonds. The van der Waals surface area contributed by atoms with Crippen LogP contribution in [0, 0.1) is 11.8 Å². The van der Waals surface area contributed by atoms with Crippen molar-refractivity contribution in [3.63, 3.8) is 0 Å². The summed E-state index contributed by atoms with van der Waals surface area (Å²) >= 11 is 0. The number of ether oxygens (including phenoxy) is 4. The average molecular weight is 699 g/mol. The van der Waals surface area contributed by atoms with Gasteiger partial charge in [0, 0.05) is 36.2 Å². The van der Waals surface area contributed by atoms with Gasteiger partial charge in [-0.1, -0.05) is 24.1 Å². The number of nitrogens with zero attached hydrogens (tertiary/aromatic N) is 6. The molecular weight excluding hydrogens is 666 g/mol. The second-order valence-corrected chi connectivity index (χ2v) is 12.6. The van der Waals surface area contributed by atoms with Crippen molar-refractivity contribution < 1.29 is 42.0 Å². The molecule has 0 radical (unpaired) electrons. The summed E-state index contributed by atoms with van der Waals surface area (Å²) in [6.07, 6.45) is -2.10. The molecule has 262 valence electrons. The van der Waals surface area contributed by atoms with Crippen LogP contribution in [0.2, 0.25) is 0 Å². The number of furan rings is 1. The molecule has 0 unspecified atom stereocenters. The highest BCUT2D eigenvalue weighted by Crippen LogP contribution is 2.41. The zero-order valence-corrected chi connectivity index (χ0v) is 27.6. The molecular formula is C36H32F2N6O7. The summed E-state index contributed by atoms with van der Waals surface area (Å²) in [5.41, 5.74) is 1.99. The molecule has 51 heavy (non-hydrogen) atoms. The quantitative estimate of drug-likeness (QED) is 0.236. The summed E-state index contributed by atoms with van der Waals surface area (Å²) in [6.45, 7) is 3.93. The normalized spacial score (nSPS) is 21.2. The first-order valence-electron chi connectivity index (χ1n) is 16.4. The number of carboxylic acid groups (broad SMARTS) is 1. The van der Waals surface area contributed by atoms with Crippen molar-refractivity contribution in [1.29, 1.82) is 0 Å². The van der Waals surface area contributed by atoms with Crippen LogP contribution in [-0.4, -0.2) is 94.8 Å². The van der Waals surface area contributed by atoms with Gasteiger partial charge >= 0.3 is 5.97 Å². The minimum atomic E-state index is -2.99. The largest absolute Gasteiger partial charge is 0.481 e.